The van der Waals surface area contributed by atoms with Crippen molar-refractivity contribution in [2.45, 2.75) is 0 Å². The van der Waals surface area contributed by atoms with Crippen LogP contribution >= 0.6 is 0 Å². The van der Waals surface area contributed by atoms with Gasteiger partial charge in [0.25, 0.3) is 5.56 Å². The van der Waals surface area contributed by atoms with Gasteiger partial charge in [0, 0.05) is 17.2 Å². The van der Waals surface area contributed by atoms with Crippen molar-refractivity contribution in [1.29, 1.82) is 0 Å². The lowest BCUT2D eigenvalue weighted by molar-refractivity contribution is 0.995. The van der Waals surface area contributed by atoms with Gasteiger partial charge < -0.3 is 0 Å². The Kier molecular flexibility index (Phi) is 2.34. The summed E-state index contributed by atoms with van der Waals surface area (Å²) in [6, 6.07) is 10.5. The van der Waals surface area contributed by atoms with E-state index in [9.17, 15) is 4.79 Å². The zero-order valence-corrected chi connectivity index (χ0v) is 7.90. The second kappa shape index (κ2) is 3.81. The maximum absolute atomic E-state index is 10.8. The quantitative estimate of drug-likeness (QED) is 0.701. The summed E-state index contributed by atoms with van der Waals surface area (Å²) in [6.45, 7) is 0. The number of benzene rings is 1. The Balaban J connectivity index is 2.42. The first kappa shape index (κ1) is 9.22. The van der Waals surface area contributed by atoms with E-state index in [4.69, 9.17) is 6.42 Å². The second-order valence-corrected chi connectivity index (χ2v) is 3.03. The summed E-state index contributed by atoms with van der Waals surface area (Å²) in [5.74, 6) is 2.54. The Morgan fingerprint density at radius 3 is 2.40 bits per heavy atom. The molecule has 0 aliphatic heterocycles. The van der Waals surface area contributed by atoms with Gasteiger partial charge in [-0.3, -0.25) is 4.79 Å². The summed E-state index contributed by atoms with van der Waals surface area (Å²) in [6.07, 6.45) is 5.25. The van der Waals surface area contributed by atoms with Gasteiger partial charge >= 0.3 is 0 Å². The Labute approximate surface area is 86.8 Å². The highest BCUT2D eigenvalue weighted by Crippen LogP contribution is 2.15. The van der Waals surface area contributed by atoms with Gasteiger partial charge in [0.15, 0.2) is 0 Å². The fourth-order valence-corrected chi connectivity index (χ4v) is 1.24. The highest BCUT2D eigenvalue weighted by molar-refractivity contribution is 5.59. The van der Waals surface area contributed by atoms with E-state index in [2.05, 4.69) is 16.1 Å². The standard InChI is InChI=1S/C12H8N2O/c1-2-9-3-5-10(6-4-9)11-7-8-12(15)14-13-11/h1,3-8H,(H,14,15). The lowest BCUT2D eigenvalue weighted by Crippen LogP contribution is -2.05. The number of H-pyrrole nitrogens is 1. The van der Waals surface area contributed by atoms with E-state index >= 15 is 0 Å². The Morgan fingerprint density at radius 2 is 1.87 bits per heavy atom. The molecule has 2 aromatic rings. The minimum atomic E-state index is -0.209. The van der Waals surface area contributed by atoms with Gasteiger partial charge in [0.05, 0.1) is 5.69 Å². The Hall–Kier alpha value is -2.34. The predicted molar refractivity (Wildman–Crippen MR) is 58.2 cm³/mol. The van der Waals surface area contributed by atoms with Crippen LogP contribution in [0.5, 0.6) is 0 Å². The summed E-state index contributed by atoms with van der Waals surface area (Å²) in [5.41, 5.74) is 2.26. The summed E-state index contributed by atoms with van der Waals surface area (Å²) in [4.78, 5) is 10.8. The number of rotatable bonds is 1. The third kappa shape index (κ3) is 1.94. The number of terminal acetylenes is 1. The van der Waals surface area contributed by atoms with Crippen LogP contribution in [0.2, 0.25) is 0 Å². The van der Waals surface area contributed by atoms with Gasteiger partial charge in [-0.2, -0.15) is 5.10 Å². The van der Waals surface area contributed by atoms with Gasteiger partial charge in [-0.15, -0.1) is 6.42 Å². The molecule has 15 heavy (non-hydrogen) atoms. The van der Waals surface area contributed by atoms with Crippen molar-refractivity contribution in [3.63, 3.8) is 0 Å². The average molecular weight is 196 g/mol. The van der Waals surface area contributed by atoms with E-state index in [1.165, 1.54) is 6.07 Å². The average Bonchev–Trinajstić information content (AvgIpc) is 2.30. The molecule has 3 heteroatoms. The van der Waals surface area contributed by atoms with E-state index in [1.54, 1.807) is 6.07 Å². The van der Waals surface area contributed by atoms with Crippen LogP contribution in [-0.4, -0.2) is 10.2 Å². The molecule has 1 aromatic heterocycles. The monoisotopic (exact) mass is 196 g/mol. The summed E-state index contributed by atoms with van der Waals surface area (Å²) < 4.78 is 0. The van der Waals surface area contributed by atoms with Crippen molar-refractivity contribution < 1.29 is 0 Å². The van der Waals surface area contributed by atoms with E-state index in [1.807, 2.05) is 24.3 Å². The summed E-state index contributed by atoms with van der Waals surface area (Å²) in [7, 11) is 0. The van der Waals surface area contributed by atoms with Crippen LogP contribution in [0.15, 0.2) is 41.2 Å². The first-order valence-corrected chi connectivity index (χ1v) is 4.42. The van der Waals surface area contributed by atoms with Crippen LogP contribution in [0.25, 0.3) is 11.3 Å². The fourth-order valence-electron chi connectivity index (χ4n) is 1.24. The summed E-state index contributed by atoms with van der Waals surface area (Å²) >= 11 is 0. The number of aromatic amines is 1. The molecule has 2 rings (SSSR count). The molecule has 0 amide bonds. The molecule has 0 spiro atoms. The Morgan fingerprint density at radius 1 is 1.13 bits per heavy atom. The Bertz CT molecular complexity index is 541. The lowest BCUT2D eigenvalue weighted by atomic mass is 10.1. The summed E-state index contributed by atoms with van der Waals surface area (Å²) in [5, 5.41) is 6.30. The minimum absolute atomic E-state index is 0.209. The third-order valence-corrected chi connectivity index (χ3v) is 2.03. The van der Waals surface area contributed by atoms with Crippen molar-refractivity contribution in [2.24, 2.45) is 0 Å². The van der Waals surface area contributed by atoms with Crippen molar-refractivity contribution in [3.8, 4) is 23.6 Å². The van der Waals surface area contributed by atoms with Crippen LogP contribution in [-0.2, 0) is 0 Å². The van der Waals surface area contributed by atoms with Gasteiger partial charge in [-0.05, 0) is 18.2 Å². The van der Waals surface area contributed by atoms with Crippen LogP contribution in [0.1, 0.15) is 5.56 Å². The molecule has 0 unspecified atom stereocenters. The number of aromatic nitrogens is 2. The molecule has 0 bridgehead atoms. The van der Waals surface area contributed by atoms with Gasteiger partial charge in [0.2, 0.25) is 0 Å². The lowest BCUT2D eigenvalue weighted by Gasteiger charge is -1.98. The molecule has 0 aliphatic carbocycles. The van der Waals surface area contributed by atoms with Crippen molar-refractivity contribution in [1.82, 2.24) is 10.2 Å². The van der Waals surface area contributed by atoms with Crippen LogP contribution in [0, 0.1) is 12.3 Å². The highest BCUT2D eigenvalue weighted by atomic mass is 16.1. The van der Waals surface area contributed by atoms with Crippen molar-refractivity contribution >= 4 is 0 Å². The molecule has 0 saturated heterocycles. The molecule has 0 saturated carbocycles. The second-order valence-electron chi connectivity index (χ2n) is 3.03. The smallest absolute Gasteiger partial charge is 0.264 e. The van der Waals surface area contributed by atoms with Crippen molar-refractivity contribution in [3.05, 3.63) is 52.3 Å². The van der Waals surface area contributed by atoms with Gasteiger partial charge in [-0.25, -0.2) is 5.10 Å². The molecular formula is C12H8N2O. The number of nitrogens with zero attached hydrogens (tertiary/aromatic N) is 1. The van der Waals surface area contributed by atoms with E-state index in [0.717, 1.165) is 16.8 Å². The molecule has 1 aromatic carbocycles. The van der Waals surface area contributed by atoms with Crippen LogP contribution < -0.4 is 5.56 Å². The van der Waals surface area contributed by atoms with Crippen LogP contribution in [0.4, 0.5) is 0 Å². The number of hydrogen-bond acceptors (Lipinski definition) is 2. The van der Waals surface area contributed by atoms with E-state index < -0.39 is 0 Å². The molecule has 3 nitrogen and oxygen atoms in total. The predicted octanol–water partition coefficient (Wildman–Crippen LogP) is 1.42. The zero-order chi connectivity index (χ0) is 10.7. The van der Waals surface area contributed by atoms with Crippen molar-refractivity contribution in [2.75, 3.05) is 0 Å². The molecule has 1 N–H and O–H groups in total. The van der Waals surface area contributed by atoms with E-state index in [-0.39, 0.29) is 5.56 Å². The normalized spacial score (nSPS) is 9.53. The maximum atomic E-state index is 10.8. The molecule has 72 valence electrons. The minimum Gasteiger partial charge on any atom is -0.268 e. The third-order valence-electron chi connectivity index (χ3n) is 2.03. The van der Waals surface area contributed by atoms with Gasteiger partial charge in [0.1, 0.15) is 0 Å². The molecule has 1 heterocycles. The maximum Gasteiger partial charge on any atom is 0.264 e. The first-order chi connectivity index (χ1) is 7.29. The molecule has 0 aliphatic rings. The van der Waals surface area contributed by atoms with Gasteiger partial charge in [-0.1, -0.05) is 18.1 Å². The topological polar surface area (TPSA) is 45.8 Å². The number of nitrogens with one attached hydrogen (secondary N) is 1. The van der Waals surface area contributed by atoms with Crippen LogP contribution in [0.3, 0.4) is 0 Å². The molecule has 0 radical (unpaired) electrons. The van der Waals surface area contributed by atoms with E-state index in [0.29, 0.717) is 0 Å². The first-order valence-electron chi connectivity index (χ1n) is 4.42. The molecule has 0 atom stereocenters. The number of hydrogen-bond donors (Lipinski definition) is 1. The molecule has 0 fully saturated rings. The molecular weight excluding hydrogens is 188 g/mol. The zero-order valence-electron chi connectivity index (χ0n) is 7.90. The fraction of sp³-hybridized carbons (Fsp3) is 0. The largest absolute Gasteiger partial charge is 0.268 e. The SMILES string of the molecule is C#Cc1ccc(-c2ccc(=O)[nH]n2)cc1. The highest BCUT2D eigenvalue weighted by Gasteiger charge is 1.98.